The van der Waals surface area contributed by atoms with Crippen LogP contribution in [0.3, 0.4) is 0 Å². The molecule has 1 saturated heterocycles. The first-order chi connectivity index (χ1) is 7.29. The van der Waals surface area contributed by atoms with Gasteiger partial charge in [0.2, 0.25) is 0 Å². The molecule has 1 heterocycles. The predicted molar refractivity (Wildman–Crippen MR) is 54.2 cm³/mol. The monoisotopic (exact) mass is 238 g/mol. The SMILES string of the molecule is CC(=O)C(C)N1CCN(CC(F)(F)F)CC1. The molecular formula is C10H17F3N2O. The fourth-order valence-electron chi connectivity index (χ4n) is 1.82. The van der Waals surface area contributed by atoms with Gasteiger partial charge >= 0.3 is 6.18 Å². The van der Waals surface area contributed by atoms with Crippen LogP contribution in [0.4, 0.5) is 13.2 Å². The van der Waals surface area contributed by atoms with Gasteiger partial charge < -0.3 is 0 Å². The maximum atomic E-state index is 12.1. The summed E-state index contributed by atoms with van der Waals surface area (Å²) < 4.78 is 36.3. The van der Waals surface area contributed by atoms with E-state index < -0.39 is 12.7 Å². The molecule has 6 heteroatoms. The lowest BCUT2D eigenvalue weighted by molar-refractivity contribution is -0.150. The normalized spacial score (nSPS) is 22.1. The minimum absolute atomic E-state index is 0.0595. The summed E-state index contributed by atoms with van der Waals surface area (Å²) in [5.74, 6) is 0.0595. The van der Waals surface area contributed by atoms with Crippen molar-refractivity contribution >= 4 is 5.78 Å². The van der Waals surface area contributed by atoms with Gasteiger partial charge in [0.25, 0.3) is 0 Å². The van der Waals surface area contributed by atoms with E-state index in [9.17, 15) is 18.0 Å². The number of hydrogen-bond donors (Lipinski definition) is 0. The summed E-state index contributed by atoms with van der Waals surface area (Å²) in [6.07, 6.45) is -4.13. The van der Waals surface area contributed by atoms with E-state index in [1.807, 2.05) is 4.90 Å². The number of nitrogens with zero attached hydrogens (tertiary/aromatic N) is 2. The number of piperazine rings is 1. The molecule has 0 bridgehead atoms. The fourth-order valence-corrected chi connectivity index (χ4v) is 1.82. The Kier molecular flexibility index (Phi) is 4.32. The second-order valence-electron chi connectivity index (χ2n) is 4.21. The van der Waals surface area contributed by atoms with Gasteiger partial charge in [-0.3, -0.25) is 14.6 Å². The summed E-state index contributed by atoms with van der Waals surface area (Å²) in [5, 5.41) is 0. The van der Waals surface area contributed by atoms with Crippen molar-refractivity contribution in [3.05, 3.63) is 0 Å². The highest BCUT2D eigenvalue weighted by molar-refractivity contribution is 5.80. The Bertz CT molecular complexity index is 247. The van der Waals surface area contributed by atoms with E-state index >= 15 is 0 Å². The Labute approximate surface area is 93.2 Å². The first-order valence-corrected chi connectivity index (χ1v) is 5.33. The lowest BCUT2D eigenvalue weighted by Crippen LogP contribution is -2.53. The molecule has 0 aliphatic carbocycles. The molecule has 0 N–H and O–H groups in total. The van der Waals surface area contributed by atoms with E-state index in [-0.39, 0.29) is 11.8 Å². The maximum Gasteiger partial charge on any atom is 0.401 e. The van der Waals surface area contributed by atoms with Crippen LogP contribution >= 0.6 is 0 Å². The molecule has 94 valence electrons. The molecule has 1 rings (SSSR count). The molecule has 1 aliphatic rings. The second-order valence-corrected chi connectivity index (χ2v) is 4.21. The molecular weight excluding hydrogens is 221 g/mol. The van der Waals surface area contributed by atoms with Crippen LogP contribution in [0.2, 0.25) is 0 Å². The minimum Gasteiger partial charge on any atom is -0.298 e. The van der Waals surface area contributed by atoms with E-state index in [2.05, 4.69) is 0 Å². The van der Waals surface area contributed by atoms with Crippen LogP contribution in [0.25, 0.3) is 0 Å². The summed E-state index contributed by atoms with van der Waals surface area (Å²) in [7, 11) is 0. The molecule has 16 heavy (non-hydrogen) atoms. The Morgan fingerprint density at radius 1 is 1.25 bits per heavy atom. The largest absolute Gasteiger partial charge is 0.401 e. The van der Waals surface area contributed by atoms with Gasteiger partial charge in [-0.15, -0.1) is 0 Å². The molecule has 0 radical (unpaired) electrons. The fraction of sp³-hybridized carbons (Fsp3) is 0.900. The van der Waals surface area contributed by atoms with Gasteiger partial charge in [0, 0.05) is 26.2 Å². The summed E-state index contributed by atoms with van der Waals surface area (Å²) in [5.41, 5.74) is 0. The molecule has 0 saturated carbocycles. The van der Waals surface area contributed by atoms with Crippen molar-refractivity contribution in [3.8, 4) is 0 Å². The van der Waals surface area contributed by atoms with Crippen molar-refractivity contribution in [1.82, 2.24) is 9.80 Å². The Morgan fingerprint density at radius 3 is 2.12 bits per heavy atom. The number of rotatable bonds is 3. The van der Waals surface area contributed by atoms with Crippen molar-refractivity contribution in [2.75, 3.05) is 32.7 Å². The van der Waals surface area contributed by atoms with Gasteiger partial charge in [-0.1, -0.05) is 0 Å². The molecule has 0 spiro atoms. The molecule has 0 aromatic carbocycles. The Morgan fingerprint density at radius 2 is 1.75 bits per heavy atom. The zero-order valence-corrected chi connectivity index (χ0v) is 9.55. The molecule has 1 atom stereocenters. The third kappa shape index (κ3) is 4.09. The van der Waals surface area contributed by atoms with E-state index in [0.717, 1.165) is 0 Å². The summed E-state index contributed by atoms with van der Waals surface area (Å²) >= 11 is 0. The van der Waals surface area contributed by atoms with Crippen molar-refractivity contribution in [2.24, 2.45) is 0 Å². The number of halogens is 3. The number of alkyl halides is 3. The molecule has 1 unspecified atom stereocenters. The average molecular weight is 238 g/mol. The Hall–Kier alpha value is -0.620. The highest BCUT2D eigenvalue weighted by Crippen LogP contribution is 2.18. The van der Waals surface area contributed by atoms with Crippen LogP contribution in [0.5, 0.6) is 0 Å². The van der Waals surface area contributed by atoms with Crippen molar-refractivity contribution < 1.29 is 18.0 Å². The van der Waals surface area contributed by atoms with Crippen LogP contribution in [0, 0.1) is 0 Å². The smallest absolute Gasteiger partial charge is 0.298 e. The topological polar surface area (TPSA) is 23.6 Å². The van der Waals surface area contributed by atoms with Gasteiger partial charge in [0.15, 0.2) is 0 Å². The Balaban J connectivity index is 2.37. The summed E-state index contributed by atoms with van der Waals surface area (Å²) in [6.45, 7) is 4.24. The van der Waals surface area contributed by atoms with Crippen molar-refractivity contribution in [3.63, 3.8) is 0 Å². The highest BCUT2D eigenvalue weighted by Gasteiger charge is 2.33. The van der Waals surface area contributed by atoms with Gasteiger partial charge in [-0.25, -0.2) is 0 Å². The van der Waals surface area contributed by atoms with Crippen LogP contribution in [-0.4, -0.2) is 60.5 Å². The third-order valence-electron chi connectivity index (χ3n) is 2.95. The quantitative estimate of drug-likeness (QED) is 0.736. The lowest BCUT2D eigenvalue weighted by Gasteiger charge is -2.37. The second kappa shape index (κ2) is 5.14. The summed E-state index contributed by atoms with van der Waals surface area (Å²) in [6, 6.07) is -0.187. The van der Waals surface area contributed by atoms with Crippen LogP contribution in [0.1, 0.15) is 13.8 Å². The molecule has 0 amide bonds. The predicted octanol–water partition coefficient (Wildman–Crippen LogP) is 1.14. The lowest BCUT2D eigenvalue weighted by atomic mass is 10.1. The average Bonchev–Trinajstić information content (AvgIpc) is 2.15. The van der Waals surface area contributed by atoms with Gasteiger partial charge in [0.05, 0.1) is 12.6 Å². The number of hydrogen-bond acceptors (Lipinski definition) is 3. The van der Waals surface area contributed by atoms with Crippen LogP contribution in [-0.2, 0) is 4.79 Å². The highest BCUT2D eigenvalue weighted by atomic mass is 19.4. The van der Waals surface area contributed by atoms with Gasteiger partial charge in [0.1, 0.15) is 5.78 Å². The third-order valence-corrected chi connectivity index (χ3v) is 2.95. The maximum absolute atomic E-state index is 12.1. The number of ketones is 1. The first kappa shape index (κ1) is 13.4. The van der Waals surface area contributed by atoms with Gasteiger partial charge in [-0.2, -0.15) is 13.2 Å². The van der Waals surface area contributed by atoms with E-state index in [1.165, 1.54) is 11.8 Å². The van der Waals surface area contributed by atoms with E-state index in [4.69, 9.17) is 0 Å². The zero-order chi connectivity index (χ0) is 12.3. The summed E-state index contributed by atoms with van der Waals surface area (Å²) in [4.78, 5) is 14.4. The zero-order valence-electron chi connectivity index (χ0n) is 9.55. The molecule has 3 nitrogen and oxygen atoms in total. The van der Waals surface area contributed by atoms with E-state index in [1.54, 1.807) is 6.92 Å². The van der Waals surface area contributed by atoms with Crippen LogP contribution < -0.4 is 0 Å². The van der Waals surface area contributed by atoms with E-state index in [0.29, 0.717) is 26.2 Å². The molecule has 0 aromatic rings. The molecule has 1 aliphatic heterocycles. The minimum atomic E-state index is -4.13. The first-order valence-electron chi connectivity index (χ1n) is 5.33. The number of Topliss-reactive ketones (excluding diaryl/α,β-unsaturated/α-hetero) is 1. The van der Waals surface area contributed by atoms with Gasteiger partial charge in [-0.05, 0) is 13.8 Å². The van der Waals surface area contributed by atoms with Crippen molar-refractivity contribution in [2.45, 2.75) is 26.1 Å². The number of carbonyl (C=O) groups excluding carboxylic acids is 1. The van der Waals surface area contributed by atoms with Crippen molar-refractivity contribution in [1.29, 1.82) is 0 Å². The molecule has 1 fully saturated rings. The molecule has 0 aromatic heterocycles. The standard InChI is InChI=1S/C10H17F3N2O/c1-8(9(2)16)15-5-3-14(4-6-15)7-10(11,12)13/h8H,3-7H2,1-2H3. The number of carbonyl (C=O) groups is 1. The van der Waals surface area contributed by atoms with Crippen LogP contribution in [0.15, 0.2) is 0 Å².